The standard InChI is InChI=1S/C12H24N2O4/c1-9(6-5-7-10(15)16)13-11(17)14(4)8-12(2,3)18/h9,18H,5-8H2,1-4H3,(H,13,17)(H,15,16). The first-order chi connectivity index (χ1) is 8.11. The quantitative estimate of drug-likeness (QED) is 0.638. The second-order valence-corrected chi connectivity index (χ2v) is 5.31. The van der Waals surface area contributed by atoms with E-state index in [9.17, 15) is 14.7 Å². The van der Waals surface area contributed by atoms with Gasteiger partial charge in [-0.05, 0) is 33.6 Å². The van der Waals surface area contributed by atoms with Crippen molar-refractivity contribution < 1.29 is 19.8 Å². The summed E-state index contributed by atoms with van der Waals surface area (Å²) in [4.78, 5) is 23.5. The number of nitrogens with zero attached hydrogens (tertiary/aromatic N) is 1. The Kier molecular flexibility index (Phi) is 6.68. The van der Waals surface area contributed by atoms with E-state index in [0.29, 0.717) is 12.8 Å². The van der Waals surface area contributed by atoms with Crippen LogP contribution < -0.4 is 5.32 Å². The minimum absolute atomic E-state index is 0.0823. The summed E-state index contributed by atoms with van der Waals surface area (Å²) in [6, 6.07) is -0.346. The summed E-state index contributed by atoms with van der Waals surface area (Å²) in [5, 5.41) is 20.8. The SMILES string of the molecule is CC(CCCC(=O)O)NC(=O)N(C)CC(C)(C)O. The maximum atomic E-state index is 11.7. The van der Waals surface area contributed by atoms with E-state index in [1.165, 1.54) is 4.90 Å². The molecule has 1 unspecified atom stereocenters. The molecule has 0 heterocycles. The van der Waals surface area contributed by atoms with Gasteiger partial charge in [-0.3, -0.25) is 4.79 Å². The van der Waals surface area contributed by atoms with Crippen LogP contribution in [-0.2, 0) is 4.79 Å². The molecule has 0 bridgehead atoms. The summed E-state index contributed by atoms with van der Waals surface area (Å²) >= 11 is 0. The first kappa shape index (κ1) is 16.7. The summed E-state index contributed by atoms with van der Waals surface area (Å²) in [5.74, 6) is -0.826. The predicted molar refractivity (Wildman–Crippen MR) is 68.4 cm³/mol. The lowest BCUT2D eigenvalue weighted by Gasteiger charge is -2.27. The van der Waals surface area contributed by atoms with Crippen LogP contribution in [0.1, 0.15) is 40.0 Å². The molecular formula is C12H24N2O4. The van der Waals surface area contributed by atoms with Crippen molar-refractivity contribution in [1.82, 2.24) is 10.2 Å². The third kappa shape index (κ3) is 8.81. The van der Waals surface area contributed by atoms with Gasteiger partial charge < -0.3 is 20.4 Å². The lowest BCUT2D eigenvalue weighted by atomic mass is 10.1. The Hall–Kier alpha value is -1.30. The van der Waals surface area contributed by atoms with Crippen LogP contribution in [0.5, 0.6) is 0 Å². The van der Waals surface area contributed by atoms with Crippen LogP contribution in [0.15, 0.2) is 0 Å². The lowest BCUT2D eigenvalue weighted by Crippen LogP contribution is -2.47. The van der Waals surface area contributed by atoms with E-state index in [4.69, 9.17) is 5.11 Å². The molecule has 6 heteroatoms. The molecule has 18 heavy (non-hydrogen) atoms. The maximum Gasteiger partial charge on any atom is 0.317 e. The monoisotopic (exact) mass is 260 g/mol. The second kappa shape index (κ2) is 7.20. The van der Waals surface area contributed by atoms with Crippen molar-refractivity contribution in [2.75, 3.05) is 13.6 Å². The van der Waals surface area contributed by atoms with E-state index < -0.39 is 11.6 Å². The van der Waals surface area contributed by atoms with Crippen molar-refractivity contribution in [2.24, 2.45) is 0 Å². The highest BCUT2D eigenvalue weighted by molar-refractivity contribution is 5.74. The number of rotatable bonds is 7. The minimum atomic E-state index is -0.932. The van der Waals surface area contributed by atoms with E-state index in [-0.39, 0.29) is 25.0 Å². The van der Waals surface area contributed by atoms with Gasteiger partial charge >= 0.3 is 12.0 Å². The van der Waals surface area contributed by atoms with Crippen LogP contribution in [0.4, 0.5) is 4.79 Å². The average Bonchev–Trinajstić information content (AvgIpc) is 2.13. The number of amides is 2. The Balaban J connectivity index is 3.96. The van der Waals surface area contributed by atoms with Crippen LogP contribution in [-0.4, -0.2) is 52.3 Å². The number of carboxylic acids is 1. The Labute approximate surface area is 108 Å². The molecule has 0 aromatic carbocycles. The number of urea groups is 1. The summed E-state index contributed by atoms with van der Waals surface area (Å²) < 4.78 is 0. The average molecular weight is 260 g/mol. The van der Waals surface area contributed by atoms with E-state index >= 15 is 0 Å². The fourth-order valence-electron chi connectivity index (χ4n) is 1.60. The molecule has 0 aromatic heterocycles. The van der Waals surface area contributed by atoms with Gasteiger partial charge in [0.1, 0.15) is 0 Å². The highest BCUT2D eigenvalue weighted by Crippen LogP contribution is 2.05. The molecule has 106 valence electrons. The number of likely N-dealkylation sites (N-methyl/N-ethyl adjacent to an activating group) is 1. The van der Waals surface area contributed by atoms with Gasteiger partial charge in [0.05, 0.1) is 12.1 Å². The van der Waals surface area contributed by atoms with Gasteiger partial charge in [0.25, 0.3) is 0 Å². The van der Waals surface area contributed by atoms with Gasteiger partial charge in [-0.15, -0.1) is 0 Å². The van der Waals surface area contributed by atoms with E-state index in [0.717, 1.165) is 0 Å². The molecule has 0 aliphatic rings. The van der Waals surface area contributed by atoms with Crippen LogP contribution in [0.3, 0.4) is 0 Å². The Morgan fingerprint density at radius 2 is 1.94 bits per heavy atom. The Morgan fingerprint density at radius 1 is 1.39 bits per heavy atom. The molecule has 0 radical (unpaired) electrons. The normalized spacial score (nSPS) is 12.9. The van der Waals surface area contributed by atoms with Crippen LogP contribution in [0.25, 0.3) is 0 Å². The number of aliphatic hydroxyl groups is 1. The van der Waals surface area contributed by atoms with Crippen molar-refractivity contribution >= 4 is 12.0 Å². The molecule has 0 aromatic rings. The molecule has 0 fully saturated rings. The molecule has 1 atom stereocenters. The van der Waals surface area contributed by atoms with Gasteiger partial charge in [-0.2, -0.15) is 0 Å². The number of carboxylic acid groups (broad SMARTS) is 1. The van der Waals surface area contributed by atoms with Crippen molar-refractivity contribution in [3.05, 3.63) is 0 Å². The van der Waals surface area contributed by atoms with Crippen molar-refractivity contribution in [3.63, 3.8) is 0 Å². The first-order valence-electron chi connectivity index (χ1n) is 6.07. The fraction of sp³-hybridized carbons (Fsp3) is 0.833. The van der Waals surface area contributed by atoms with Gasteiger partial charge in [-0.25, -0.2) is 4.79 Å². The molecule has 0 spiro atoms. The highest BCUT2D eigenvalue weighted by atomic mass is 16.4. The van der Waals surface area contributed by atoms with Crippen molar-refractivity contribution in [2.45, 2.75) is 51.7 Å². The maximum absolute atomic E-state index is 11.7. The van der Waals surface area contributed by atoms with Crippen LogP contribution >= 0.6 is 0 Å². The molecule has 0 saturated carbocycles. The minimum Gasteiger partial charge on any atom is -0.481 e. The highest BCUT2D eigenvalue weighted by Gasteiger charge is 2.20. The number of carbonyl (C=O) groups is 2. The molecule has 6 nitrogen and oxygen atoms in total. The van der Waals surface area contributed by atoms with Crippen LogP contribution in [0, 0.1) is 0 Å². The Morgan fingerprint density at radius 3 is 2.39 bits per heavy atom. The zero-order chi connectivity index (χ0) is 14.3. The molecule has 0 rings (SSSR count). The van der Waals surface area contributed by atoms with Gasteiger partial charge in [0.15, 0.2) is 0 Å². The van der Waals surface area contributed by atoms with E-state index in [2.05, 4.69) is 5.32 Å². The molecular weight excluding hydrogens is 236 g/mol. The van der Waals surface area contributed by atoms with Gasteiger partial charge in [0, 0.05) is 19.5 Å². The molecule has 0 aliphatic carbocycles. The topological polar surface area (TPSA) is 89.9 Å². The third-order valence-corrected chi connectivity index (χ3v) is 2.37. The van der Waals surface area contributed by atoms with Crippen LogP contribution in [0.2, 0.25) is 0 Å². The Bertz CT molecular complexity index is 286. The third-order valence-electron chi connectivity index (χ3n) is 2.37. The van der Waals surface area contributed by atoms with E-state index in [1.54, 1.807) is 20.9 Å². The fourth-order valence-corrected chi connectivity index (χ4v) is 1.60. The molecule has 2 amide bonds. The summed E-state index contributed by atoms with van der Waals surface area (Å²) in [6.45, 7) is 5.33. The van der Waals surface area contributed by atoms with Gasteiger partial charge in [0.2, 0.25) is 0 Å². The summed E-state index contributed by atoms with van der Waals surface area (Å²) in [5.41, 5.74) is -0.932. The lowest BCUT2D eigenvalue weighted by molar-refractivity contribution is -0.137. The number of aliphatic carboxylic acids is 1. The molecule has 0 aliphatic heterocycles. The van der Waals surface area contributed by atoms with Gasteiger partial charge in [-0.1, -0.05) is 0 Å². The number of carbonyl (C=O) groups excluding carboxylic acids is 1. The van der Waals surface area contributed by atoms with Crippen molar-refractivity contribution in [1.29, 1.82) is 0 Å². The molecule has 0 saturated heterocycles. The largest absolute Gasteiger partial charge is 0.481 e. The second-order valence-electron chi connectivity index (χ2n) is 5.31. The predicted octanol–water partition coefficient (Wildman–Crippen LogP) is 1.04. The van der Waals surface area contributed by atoms with E-state index in [1.807, 2.05) is 6.92 Å². The smallest absolute Gasteiger partial charge is 0.317 e. The van der Waals surface area contributed by atoms with Crippen molar-refractivity contribution in [3.8, 4) is 0 Å². The summed E-state index contributed by atoms with van der Waals surface area (Å²) in [6.07, 6.45) is 1.26. The molecule has 3 N–H and O–H groups in total. The zero-order valence-corrected chi connectivity index (χ0v) is 11.6. The summed E-state index contributed by atoms with van der Waals surface area (Å²) in [7, 11) is 1.61. The number of hydrogen-bond acceptors (Lipinski definition) is 3. The zero-order valence-electron chi connectivity index (χ0n) is 11.6. The first-order valence-corrected chi connectivity index (χ1v) is 6.07. The number of nitrogens with one attached hydrogen (secondary N) is 1. The number of hydrogen-bond donors (Lipinski definition) is 3.